The summed E-state index contributed by atoms with van der Waals surface area (Å²) >= 11 is 0. The second-order valence-corrected chi connectivity index (χ2v) is 6.92. The topological polar surface area (TPSA) is 71.1 Å². The first-order valence-corrected chi connectivity index (χ1v) is 9.34. The third-order valence-corrected chi connectivity index (χ3v) is 5.14. The van der Waals surface area contributed by atoms with Crippen molar-refractivity contribution in [1.82, 2.24) is 15.1 Å². The number of carbonyl (C=O) groups excluding carboxylic acids is 2. The molecule has 2 heterocycles. The molecule has 1 atom stereocenters. The number of benzene rings is 2. The number of hydrogen-bond acceptors (Lipinski definition) is 5. The van der Waals surface area contributed by atoms with E-state index in [0.717, 1.165) is 17.1 Å². The Labute approximate surface area is 163 Å². The van der Waals surface area contributed by atoms with E-state index in [4.69, 9.17) is 9.47 Å². The Balaban J connectivity index is 1.48. The molecule has 2 aromatic rings. The highest BCUT2D eigenvalue weighted by molar-refractivity contribution is 5.97. The predicted octanol–water partition coefficient (Wildman–Crippen LogP) is 1.49. The molecule has 4 rings (SSSR count). The molecule has 2 aliphatic rings. The van der Waals surface area contributed by atoms with Crippen LogP contribution in [-0.2, 0) is 11.3 Å². The molecule has 7 nitrogen and oxygen atoms in total. The number of ether oxygens (including phenoxy) is 2. The van der Waals surface area contributed by atoms with E-state index in [1.54, 1.807) is 24.1 Å². The van der Waals surface area contributed by atoms with E-state index in [1.807, 2.05) is 36.4 Å². The predicted molar refractivity (Wildman–Crippen MR) is 103 cm³/mol. The average Bonchev–Trinajstić information content (AvgIpc) is 3.21. The van der Waals surface area contributed by atoms with E-state index in [9.17, 15) is 9.59 Å². The molecular weight excluding hydrogens is 358 g/mol. The lowest BCUT2D eigenvalue weighted by molar-refractivity contribution is -0.127. The molecule has 0 aromatic heterocycles. The van der Waals surface area contributed by atoms with Crippen molar-refractivity contribution in [3.05, 3.63) is 59.7 Å². The Kier molecular flexibility index (Phi) is 5.16. The van der Waals surface area contributed by atoms with Crippen LogP contribution in [0.25, 0.3) is 0 Å². The number of nitrogens with zero attached hydrogens (tertiary/aromatic N) is 2. The third-order valence-electron chi connectivity index (χ3n) is 5.14. The van der Waals surface area contributed by atoms with Crippen molar-refractivity contribution in [2.45, 2.75) is 12.6 Å². The maximum atomic E-state index is 12.9. The van der Waals surface area contributed by atoms with Crippen molar-refractivity contribution in [2.75, 3.05) is 33.5 Å². The maximum Gasteiger partial charge on any atom is 0.254 e. The SMILES string of the molecule is CNC(=O)C1CN(Cc2ccc3c(c2)OCO3)CCN1C(=O)c1ccccc1. The summed E-state index contributed by atoms with van der Waals surface area (Å²) in [5.41, 5.74) is 1.68. The number of fused-ring (bicyclic) bond motifs is 1. The van der Waals surface area contributed by atoms with Crippen LogP contribution in [-0.4, -0.2) is 61.1 Å². The number of hydrogen-bond donors (Lipinski definition) is 1. The summed E-state index contributed by atoms with van der Waals surface area (Å²) in [5.74, 6) is 1.24. The number of carbonyl (C=O) groups is 2. The lowest BCUT2D eigenvalue weighted by Crippen LogP contribution is -2.60. The molecule has 146 valence electrons. The maximum absolute atomic E-state index is 12.9. The zero-order valence-corrected chi connectivity index (χ0v) is 15.8. The fourth-order valence-corrected chi connectivity index (χ4v) is 3.66. The standard InChI is InChI=1S/C21H23N3O4/c1-22-20(25)17-13-23(12-15-7-8-18-19(11-15)28-14-27-18)9-10-24(17)21(26)16-5-3-2-4-6-16/h2-8,11,17H,9-10,12-14H2,1H3,(H,22,25). The molecule has 7 heteroatoms. The fourth-order valence-electron chi connectivity index (χ4n) is 3.66. The minimum Gasteiger partial charge on any atom is -0.454 e. The molecule has 0 radical (unpaired) electrons. The van der Waals surface area contributed by atoms with E-state index >= 15 is 0 Å². The Bertz CT molecular complexity index is 871. The highest BCUT2D eigenvalue weighted by Gasteiger charge is 2.35. The van der Waals surface area contributed by atoms with Crippen LogP contribution < -0.4 is 14.8 Å². The first-order chi connectivity index (χ1) is 13.7. The van der Waals surface area contributed by atoms with Crippen molar-refractivity contribution in [2.24, 2.45) is 0 Å². The van der Waals surface area contributed by atoms with Crippen LogP contribution in [0.4, 0.5) is 0 Å². The molecule has 2 aromatic carbocycles. The van der Waals surface area contributed by atoms with Crippen molar-refractivity contribution < 1.29 is 19.1 Å². The van der Waals surface area contributed by atoms with Crippen LogP contribution in [0.3, 0.4) is 0 Å². The zero-order chi connectivity index (χ0) is 19.5. The molecule has 0 saturated carbocycles. The van der Waals surface area contributed by atoms with E-state index in [2.05, 4.69) is 10.2 Å². The summed E-state index contributed by atoms with van der Waals surface area (Å²) in [5, 5.41) is 2.69. The van der Waals surface area contributed by atoms with Crippen molar-refractivity contribution in [3.8, 4) is 11.5 Å². The molecule has 0 spiro atoms. The van der Waals surface area contributed by atoms with Crippen LogP contribution in [0.15, 0.2) is 48.5 Å². The van der Waals surface area contributed by atoms with Gasteiger partial charge in [0.2, 0.25) is 12.7 Å². The molecular formula is C21H23N3O4. The normalized spacial score (nSPS) is 18.8. The van der Waals surface area contributed by atoms with Crippen LogP contribution in [0.2, 0.25) is 0 Å². The Morgan fingerprint density at radius 2 is 1.86 bits per heavy atom. The number of amides is 2. The summed E-state index contributed by atoms with van der Waals surface area (Å²) in [6, 6.07) is 14.4. The van der Waals surface area contributed by atoms with Gasteiger partial charge in [-0.2, -0.15) is 0 Å². The lowest BCUT2D eigenvalue weighted by Gasteiger charge is -2.40. The number of piperazine rings is 1. The van der Waals surface area contributed by atoms with E-state index in [0.29, 0.717) is 31.7 Å². The number of rotatable bonds is 4. The lowest BCUT2D eigenvalue weighted by atomic mass is 10.1. The van der Waals surface area contributed by atoms with Crippen molar-refractivity contribution in [1.29, 1.82) is 0 Å². The molecule has 0 aliphatic carbocycles. The van der Waals surface area contributed by atoms with Crippen LogP contribution in [0.5, 0.6) is 11.5 Å². The highest BCUT2D eigenvalue weighted by Crippen LogP contribution is 2.33. The van der Waals surface area contributed by atoms with Gasteiger partial charge >= 0.3 is 0 Å². The van der Waals surface area contributed by atoms with Gasteiger partial charge in [-0.05, 0) is 29.8 Å². The molecule has 28 heavy (non-hydrogen) atoms. The minimum absolute atomic E-state index is 0.114. The summed E-state index contributed by atoms with van der Waals surface area (Å²) in [6.07, 6.45) is 0. The van der Waals surface area contributed by atoms with Crippen LogP contribution in [0.1, 0.15) is 15.9 Å². The zero-order valence-electron chi connectivity index (χ0n) is 15.8. The van der Waals surface area contributed by atoms with Crippen molar-refractivity contribution >= 4 is 11.8 Å². The summed E-state index contributed by atoms with van der Waals surface area (Å²) in [7, 11) is 1.60. The van der Waals surface area contributed by atoms with E-state index in [-0.39, 0.29) is 18.6 Å². The highest BCUT2D eigenvalue weighted by atomic mass is 16.7. The Morgan fingerprint density at radius 1 is 1.07 bits per heavy atom. The van der Waals surface area contributed by atoms with Gasteiger partial charge in [0.1, 0.15) is 6.04 Å². The largest absolute Gasteiger partial charge is 0.454 e. The number of nitrogens with one attached hydrogen (secondary N) is 1. The van der Waals surface area contributed by atoms with Gasteiger partial charge in [0.15, 0.2) is 11.5 Å². The van der Waals surface area contributed by atoms with Gasteiger partial charge in [-0.1, -0.05) is 24.3 Å². The van der Waals surface area contributed by atoms with Gasteiger partial charge in [0, 0.05) is 38.8 Å². The van der Waals surface area contributed by atoms with Crippen LogP contribution >= 0.6 is 0 Å². The van der Waals surface area contributed by atoms with Gasteiger partial charge in [-0.15, -0.1) is 0 Å². The molecule has 1 unspecified atom stereocenters. The Hall–Kier alpha value is -3.06. The fraction of sp³-hybridized carbons (Fsp3) is 0.333. The number of likely N-dealkylation sites (N-methyl/N-ethyl adjacent to an activating group) is 1. The van der Waals surface area contributed by atoms with Crippen molar-refractivity contribution in [3.63, 3.8) is 0 Å². The second kappa shape index (κ2) is 7.90. The summed E-state index contributed by atoms with van der Waals surface area (Å²) < 4.78 is 10.8. The Morgan fingerprint density at radius 3 is 2.64 bits per heavy atom. The molecule has 2 aliphatic heterocycles. The monoisotopic (exact) mass is 381 g/mol. The van der Waals surface area contributed by atoms with Gasteiger partial charge in [-0.3, -0.25) is 14.5 Å². The van der Waals surface area contributed by atoms with E-state index < -0.39 is 6.04 Å². The smallest absolute Gasteiger partial charge is 0.254 e. The molecule has 0 bridgehead atoms. The summed E-state index contributed by atoms with van der Waals surface area (Å²) in [6.45, 7) is 2.60. The summed E-state index contributed by atoms with van der Waals surface area (Å²) in [4.78, 5) is 29.3. The molecule has 1 saturated heterocycles. The van der Waals surface area contributed by atoms with E-state index in [1.165, 1.54) is 0 Å². The molecule has 1 N–H and O–H groups in total. The molecule has 2 amide bonds. The quantitative estimate of drug-likeness (QED) is 0.869. The van der Waals surface area contributed by atoms with Gasteiger partial charge in [0.25, 0.3) is 5.91 Å². The first kappa shape index (κ1) is 18.3. The third kappa shape index (κ3) is 3.66. The second-order valence-electron chi connectivity index (χ2n) is 6.92. The van der Waals surface area contributed by atoms with Gasteiger partial charge in [0.05, 0.1) is 0 Å². The van der Waals surface area contributed by atoms with Gasteiger partial charge < -0.3 is 19.7 Å². The average molecular weight is 381 g/mol. The first-order valence-electron chi connectivity index (χ1n) is 9.34. The van der Waals surface area contributed by atoms with Gasteiger partial charge in [-0.25, -0.2) is 0 Å². The molecule has 1 fully saturated rings. The van der Waals surface area contributed by atoms with Crippen LogP contribution in [0, 0.1) is 0 Å². The minimum atomic E-state index is -0.527.